The Morgan fingerprint density at radius 2 is 1.37 bits per heavy atom. The Hall–Kier alpha value is -5.51. The molecule has 264 valence electrons. The highest BCUT2D eigenvalue weighted by atomic mass is 16.7. The molecular weight excluding hydrogens is 650 g/mol. The Kier molecular flexibility index (Phi) is 10.9. The molecule has 0 unspecified atom stereocenters. The molecule has 0 bridgehead atoms. The summed E-state index contributed by atoms with van der Waals surface area (Å²) in [6.07, 6.45) is -0.232. The molecule has 6 aromatic rings. The van der Waals surface area contributed by atoms with Crippen LogP contribution in [0, 0.1) is 0 Å². The fraction of sp³-hybridized carbons (Fsp3) is 0.205. The van der Waals surface area contributed by atoms with Crippen molar-refractivity contribution in [1.82, 2.24) is 4.90 Å². The van der Waals surface area contributed by atoms with Crippen LogP contribution in [0.15, 0.2) is 146 Å². The van der Waals surface area contributed by atoms with Crippen molar-refractivity contribution in [3.8, 4) is 11.5 Å². The summed E-state index contributed by atoms with van der Waals surface area (Å²) < 4.78 is 19.0. The van der Waals surface area contributed by atoms with E-state index in [0.29, 0.717) is 30.1 Å². The van der Waals surface area contributed by atoms with E-state index < -0.39 is 6.29 Å². The molecule has 4 atom stereocenters. The van der Waals surface area contributed by atoms with Crippen LogP contribution >= 0.6 is 0 Å². The summed E-state index contributed by atoms with van der Waals surface area (Å²) in [5, 5.41) is 17.8. The molecule has 3 N–H and O–H groups in total. The number of aliphatic hydroxyl groups excluding tert-OH is 1. The van der Waals surface area contributed by atoms with Gasteiger partial charge in [0.15, 0.2) is 6.29 Å². The van der Waals surface area contributed by atoms with Gasteiger partial charge in [0.05, 0.1) is 18.8 Å². The lowest BCUT2D eigenvalue weighted by Gasteiger charge is -2.39. The molecule has 0 saturated carbocycles. The first kappa shape index (κ1) is 34.9. The summed E-state index contributed by atoms with van der Waals surface area (Å²) in [6, 6.07) is 47.1. The fourth-order valence-electron chi connectivity index (χ4n) is 6.48. The van der Waals surface area contributed by atoms with Crippen LogP contribution in [0.5, 0.6) is 11.5 Å². The van der Waals surface area contributed by atoms with Gasteiger partial charge in [-0.05, 0) is 96.0 Å². The zero-order valence-corrected chi connectivity index (χ0v) is 29.3. The number of para-hydroxylation sites is 1. The van der Waals surface area contributed by atoms with Crippen molar-refractivity contribution in [2.75, 3.05) is 24.2 Å². The number of carbonyl (C=O) groups is 1. The zero-order valence-electron chi connectivity index (χ0n) is 29.3. The summed E-state index contributed by atoms with van der Waals surface area (Å²) >= 11 is 0. The molecule has 52 heavy (non-hydrogen) atoms. The van der Waals surface area contributed by atoms with Crippen LogP contribution < -0.4 is 15.4 Å². The molecule has 8 heteroatoms. The first-order valence-electron chi connectivity index (χ1n) is 17.6. The smallest absolute Gasteiger partial charge is 0.323 e. The molecule has 1 aliphatic rings. The third-order valence-electron chi connectivity index (χ3n) is 9.56. The molecule has 1 heterocycles. The number of fused-ring (bicyclic) bond motifs is 1. The average molecular weight is 694 g/mol. The minimum absolute atomic E-state index is 0.00791. The maximum atomic E-state index is 12.8. The van der Waals surface area contributed by atoms with Gasteiger partial charge in [0.1, 0.15) is 11.5 Å². The first-order valence-corrected chi connectivity index (χ1v) is 17.6. The normalized spacial score (nSPS) is 17.8. The Labute approximate surface area is 304 Å². The van der Waals surface area contributed by atoms with Gasteiger partial charge >= 0.3 is 6.03 Å². The molecular formula is C44H43N3O5. The molecule has 2 amide bonds. The van der Waals surface area contributed by atoms with Crippen LogP contribution in [0.3, 0.4) is 0 Å². The van der Waals surface area contributed by atoms with E-state index in [-0.39, 0.29) is 30.9 Å². The number of amides is 2. The maximum absolute atomic E-state index is 12.8. The summed E-state index contributed by atoms with van der Waals surface area (Å²) in [6.45, 7) is 2.92. The molecule has 1 fully saturated rings. The van der Waals surface area contributed by atoms with Gasteiger partial charge in [-0.3, -0.25) is 4.90 Å². The molecule has 0 radical (unpaired) electrons. The molecule has 7 rings (SSSR count). The van der Waals surface area contributed by atoms with E-state index in [1.54, 1.807) is 12.1 Å². The van der Waals surface area contributed by atoms with Crippen molar-refractivity contribution in [3.05, 3.63) is 168 Å². The van der Waals surface area contributed by atoms with Gasteiger partial charge in [0.2, 0.25) is 0 Å². The SMILES string of the molecule is C[C@H](c1ccc2ccccc2c1)N(C)C[C@@H]1C[C@H](c2ccc(CO)cc2)O[C@H](c2ccc(NC(=O)Nc3ccc(Oc4ccccc4)cc3)cc2)O1. The zero-order chi connectivity index (χ0) is 35.9. The lowest BCUT2D eigenvalue weighted by Crippen LogP contribution is -2.38. The predicted octanol–water partition coefficient (Wildman–Crippen LogP) is 10.0. The average Bonchev–Trinajstić information content (AvgIpc) is 3.18. The minimum atomic E-state index is -0.606. The number of urea groups is 1. The van der Waals surface area contributed by atoms with E-state index >= 15 is 0 Å². The number of carbonyl (C=O) groups excluding carboxylic acids is 1. The Morgan fingerprint density at radius 3 is 2.06 bits per heavy atom. The van der Waals surface area contributed by atoms with Crippen molar-refractivity contribution >= 4 is 28.2 Å². The quantitative estimate of drug-likeness (QED) is 0.125. The molecule has 0 aromatic heterocycles. The number of hydrogen-bond acceptors (Lipinski definition) is 6. The maximum Gasteiger partial charge on any atom is 0.323 e. The van der Waals surface area contributed by atoms with E-state index in [4.69, 9.17) is 14.2 Å². The number of rotatable bonds is 11. The predicted molar refractivity (Wildman–Crippen MR) is 205 cm³/mol. The number of benzene rings is 6. The molecule has 0 spiro atoms. The van der Waals surface area contributed by atoms with Crippen molar-refractivity contribution in [1.29, 1.82) is 0 Å². The number of anilines is 2. The highest BCUT2D eigenvalue weighted by molar-refractivity contribution is 5.99. The van der Waals surface area contributed by atoms with E-state index in [1.165, 1.54) is 16.3 Å². The summed E-state index contributed by atoms with van der Waals surface area (Å²) in [7, 11) is 2.14. The molecule has 1 aliphatic heterocycles. The van der Waals surface area contributed by atoms with E-state index in [1.807, 2.05) is 91.0 Å². The number of ether oxygens (including phenoxy) is 3. The second-order valence-corrected chi connectivity index (χ2v) is 13.2. The van der Waals surface area contributed by atoms with Gasteiger partial charge in [-0.1, -0.05) is 91.0 Å². The standard InChI is InChI=1S/C44H43N3O5/c1-30(35-17-16-32-8-6-7-9-36(32)26-35)47(2)28-41-27-42(33-14-12-31(29-48)13-15-33)52-43(51-41)34-18-20-37(21-19-34)45-44(49)46-38-22-24-40(25-23-38)50-39-10-4-3-5-11-39/h3-26,30,41-43,48H,27-29H2,1-2H3,(H2,45,46,49)/t30-,41+,42-,43-/m1/s1. The Balaban J connectivity index is 1.01. The number of likely N-dealkylation sites (N-methyl/N-ethyl adjacent to an activating group) is 1. The summed E-state index contributed by atoms with van der Waals surface area (Å²) in [5.41, 5.74) is 5.28. The van der Waals surface area contributed by atoms with Crippen LogP contribution in [0.4, 0.5) is 16.2 Å². The van der Waals surface area contributed by atoms with Crippen LogP contribution in [0.2, 0.25) is 0 Å². The highest BCUT2D eigenvalue weighted by Crippen LogP contribution is 2.39. The van der Waals surface area contributed by atoms with Crippen molar-refractivity contribution in [3.63, 3.8) is 0 Å². The largest absolute Gasteiger partial charge is 0.457 e. The van der Waals surface area contributed by atoms with E-state index in [2.05, 4.69) is 72.0 Å². The van der Waals surface area contributed by atoms with Crippen molar-refractivity contribution < 1.29 is 24.1 Å². The minimum Gasteiger partial charge on any atom is -0.457 e. The van der Waals surface area contributed by atoms with Crippen molar-refractivity contribution in [2.24, 2.45) is 0 Å². The highest BCUT2D eigenvalue weighted by Gasteiger charge is 2.33. The van der Waals surface area contributed by atoms with Crippen LogP contribution in [-0.2, 0) is 16.1 Å². The van der Waals surface area contributed by atoms with Crippen molar-refractivity contribution in [2.45, 2.75) is 44.5 Å². The lowest BCUT2D eigenvalue weighted by molar-refractivity contribution is -0.253. The van der Waals surface area contributed by atoms with E-state index in [0.717, 1.165) is 22.4 Å². The lowest BCUT2D eigenvalue weighted by atomic mass is 9.98. The monoisotopic (exact) mass is 693 g/mol. The molecule has 0 aliphatic carbocycles. The number of aliphatic hydroxyl groups is 1. The topological polar surface area (TPSA) is 92.3 Å². The molecule has 1 saturated heterocycles. The third kappa shape index (κ3) is 8.67. The van der Waals surface area contributed by atoms with Gasteiger partial charge in [-0.2, -0.15) is 0 Å². The number of nitrogens with one attached hydrogen (secondary N) is 2. The fourth-order valence-corrected chi connectivity index (χ4v) is 6.48. The third-order valence-corrected chi connectivity index (χ3v) is 9.56. The number of hydrogen-bond donors (Lipinski definition) is 3. The van der Waals surface area contributed by atoms with Crippen LogP contribution in [0.25, 0.3) is 10.8 Å². The van der Waals surface area contributed by atoms with E-state index in [9.17, 15) is 9.90 Å². The second kappa shape index (κ2) is 16.2. The van der Waals surface area contributed by atoms with Gasteiger partial charge < -0.3 is 30.0 Å². The first-order chi connectivity index (χ1) is 25.4. The van der Waals surface area contributed by atoms with Gasteiger partial charge in [-0.25, -0.2) is 4.79 Å². The Morgan fingerprint density at radius 1 is 0.750 bits per heavy atom. The van der Waals surface area contributed by atoms with Crippen LogP contribution in [0.1, 0.15) is 54.0 Å². The Bertz CT molecular complexity index is 2070. The number of nitrogens with zero attached hydrogens (tertiary/aromatic N) is 1. The van der Waals surface area contributed by atoms with Gasteiger partial charge in [-0.15, -0.1) is 0 Å². The van der Waals surface area contributed by atoms with Crippen LogP contribution in [-0.4, -0.2) is 35.7 Å². The summed E-state index contributed by atoms with van der Waals surface area (Å²) in [4.78, 5) is 15.2. The molecule has 6 aromatic carbocycles. The van der Waals surface area contributed by atoms with Gasteiger partial charge in [0.25, 0.3) is 0 Å². The summed E-state index contributed by atoms with van der Waals surface area (Å²) in [5.74, 6) is 1.42. The van der Waals surface area contributed by atoms with Gasteiger partial charge in [0, 0.05) is 35.9 Å². The second-order valence-electron chi connectivity index (χ2n) is 13.2. The molecule has 8 nitrogen and oxygen atoms in total.